The van der Waals surface area contributed by atoms with Crippen LogP contribution in [0.15, 0.2) is 70.3 Å². The van der Waals surface area contributed by atoms with Crippen molar-refractivity contribution < 1.29 is 17.7 Å². The van der Waals surface area contributed by atoms with Crippen molar-refractivity contribution >= 4 is 15.9 Å². The van der Waals surface area contributed by atoms with Gasteiger partial charge in [-0.15, -0.1) is 0 Å². The SMILES string of the molecule is O=C(c1cc(-c2cccnc2)on1)N1CCN(S(=O)(=O)c2ccccc2)CC1. The fourth-order valence-electron chi connectivity index (χ4n) is 3.06. The first-order valence-corrected chi connectivity index (χ1v) is 10.2. The summed E-state index contributed by atoms with van der Waals surface area (Å²) in [6, 6.07) is 13.5. The summed E-state index contributed by atoms with van der Waals surface area (Å²) in [7, 11) is -3.55. The Balaban J connectivity index is 1.43. The van der Waals surface area contributed by atoms with E-state index in [1.807, 2.05) is 6.07 Å². The highest BCUT2D eigenvalue weighted by atomic mass is 32.2. The molecular weight excluding hydrogens is 380 g/mol. The summed E-state index contributed by atoms with van der Waals surface area (Å²) < 4.78 is 32.0. The zero-order valence-corrected chi connectivity index (χ0v) is 15.7. The molecule has 0 radical (unpaired) electrons. The molecule has 3 aromatic rings. The van der Waals surface area contributed by atoms with Gasteiger partial charge in [-0.1, -0.05) is 23.4 Å². The van der Waals surface area contributed by atoms with E-state index in [1.54, 1.807) is 59.8 Å². The Morgan fingerprint density at radius 2 is 1.75 bits per heavy atom. The highest BCUT2D eigenvalue weighted by molar-refractivity contribution is 7.89. The van der Waals surface area contributed by atoms with E-state index in [9.17, 15) is 13.2 Å². The Morgan fingerprint density at radius 3 is 2.43 bits per heavy atom. The van der Waals surface area contributed by atoms with Gasteiger partial charge < -0.3 is 9.42 Å². The third-order valence-corrected chi connectivity index (χ3v) is 6.50. The molecule has 2 aromatic heterocycles. The van der Waals surface area contributed by atoms with Gasteiger partial charge in [0.1, 0.15) is 0 Å². The highest BCUT2D eigenvalue weighted by Crippen LogP contribution is 2.21. The summed E-state index contributed by atoms with van der Waals surface area (Å²) in [5.74, 6) is 0.178. The lowest BCUT2D eigenvalue weighted by molar-refractivity contribution is 0.0687. The minimum Gasteiger partial charge on any atom is -0.355 e. The Labute approximate surface area is 162 Å². The van der Waals surface area contributed by atoms with Crippen LogP contribution in [0.3, 0.4) is 0 Å². The Bertz CT molecular complexity index is 1060. The summed E-state index contributed by atoms with van der Waals surface area (Å²) in [5.41, 5.74) is 0.922. The van der Waals surface area contributed by atoms with Gasteiger partial charge in [0.25, 0.3) is 5.91 Å². The molecule has 0 aliphatic carbocycles. The first-order valence-electron chi connectivity index (χ1n) is 8.77. The van der Waals surface area contributed by atoms with Crippen LogP contribution in [0.25, 0.3) is 11.3 Å². The smallest absolute Gasteiger partial charge is 0.276 e. The van der Waals surface area contributed by atoms with Crippen LogP contribution in [0.5, 0.6) is 0 Å². The summed E-state index contributed by atoms with van der Waals surface area (Å²) >= 11 is 0. The van der Waals surface area contributed by atoms with Gasteiger partial charge >= 0.3 is 0 Å². The van der Waals surface area contributed by atoms with E-state index in [-0.39, 0.29) is 29.6 Å². The molecule has 1 aromatic carbocycles. The number of rotatable bonds is 4. The van der Waals surface area contributed by atoms with Crippen molar-refractivity contribution in [2.45, 2.75) is 4.90 Å². The standard InChI is InChI=1S/C19H18N4O4S/c24-19(17-13-18(27-21-17)15-5-4-8-20-14-15)22-9-11-23(12-10-22)28(25,26)16-6-2-1-3-7-16/h1-8,13-14H,9-12H2. The number of piperazine rings is 1. The van der Waals surface area contributed by atoms with Crippen molar-refractivity contribution in [3.8, 4) is 11.3 Å². The molecule has 1 aliphatic rings. The minimum absolute atomic E-state index is 0.193. The summed E-state index contributed by atoms with van der Waals surface area (Å²) in [5, 5.41) is 3.86. The molecular formula is C19H18N4O4S. The number of carbonyl (C=O) groups is 1. The molecule has 144 valence electrons. The topological polar surface area (TPSA) is 96.6 Å². The molecule has 8 nitrogen and oxygen atoms in total. The van der Waals surface area contributed by atoms with E-state index in [0.29, 0.717) is 18.8 Å². The number of hydrogen-bond acceptors (Lipinski definition) is 6. The van der Waals surface area contributed by atoms with Gasteiger partial charge in [-0.05, 0) is 24.3 Å². The molecule has 0 N–H and O–H groups in total. The number of carbonyl (C=O) groups excluding carboxylic acids is 1. The number of benzene rings is 1. The van der Waals surface area contributed by atoms with Crippen molar-refractivity contribution in [1.82, 2.24) is 19.3 Å². The van der Waals surface area contributed by atoms with E-state index in [1.165, 1.54) is 4.31 Å². The van der Waals surface area contributed by atoms with Crippen LogP contribution in [0.2, 0.25) is 0 Å². The molecule has 0 spiro atoms. The number of sulfonamides is 1. The van der Waals surface area contributed by atoms with Gasteiger partial charge in [-0.25, -0.2) is 8.42 Å². The van der Waals surface area contributed by atoms with Gasteiger partial charge in [-0.2, -0.15) is 4.31 Å². The lowest BCUT2D eigenvalue weighted by Crippen LogP contribution is -2.50. The second-order valence-electron chi connectivity index (χ2n) is 6.33. The zero-order chi connectivity index (χ0) is 19.6. The van der Waals surface area contributed by atoms with E-state index in [0.717, 1.165) is 5.56 Å². The largest absolute Gasteiger partial charge is 0.355 e. The van der Waals surface area contributed by atoms with Gasteiger partial charge in [0.2, 0.25) is 10.0 Å². The number of pyridine rings is 1. The van der Waals surface area contributed by atoms with Crippen LogP contribution in [0.1, 0.15) is 10.5 Å². The molecule has 3 heterocycles. The van der Waals surface area contributed by atoms with Crippen molar-refractivity contribution in [3.05, 3.63) is 66.6 Å². The van der Waals surface area contributed by atoms with Crippen molar-refractivity contribution in [3.63, 3.8) is 0 Å². The average Bonchev–Trinajstić information content (AvgIpc) is 3.25. The summed E-state index contributed by atoms with van der Waals surface area (Å²) in [4.78, 5) is 18.5. The fourth-order valence-corrected chi connectivity index (χ4v) is 4.50. The molecule has 0 saturated carbocycles. The maximum atomic E-state index is 12.7. The number of aromatic nitrogens is 2. The van der Waals surface area contributed by atoms with Crippen LogP contribution >= 0.6 is 0 Å². The van der Waals surface area contributed by atoms with E-state index in [2.05, 4.69) is 10.1 Å². The second-order valence-corrected chi connectivity index (χ2v) is 8.27. The molecule has 1 aliphatic heterocycles. The third-order valence-electron chi connectivity index (χ3n) is 4.58. The maximum Gasteiger partial charge on any atom is 0.276 e. The van der Waals surface area contributed by atoms with E-state index < -0.39 is 10.0 Å². The lowest BCUT2D eigenvalue weighted by atomic mass is 10.2. The molecule has 4 rings (SSSR count). The van der Waals surface area contributed by atoms with Crippen LogP contribution < -0.4 is 0 Å². The lowest BCUT2D eigenvalue weighted by Gasteiger charge is -2.33. The Hall–Kier alpha value is -3.04. The van der Waals surface area contributed by atoms with Gasteiger partial charge in [0.15, 0.2) is 11.5 Å². The Kier molecular flexibility index (Phi) is 4.93. The van der Waals surface area contributed by atoms with Crippen molar-refractivity contribution in [2.75, 3.05) is 26.2 Å². The van der Waals surface area contributed by atoms with Crippen LogP contribution in [0, 0.1) is 0 Å². The highest BCUT2D eigenvalue weighted by Gasteiger charge is 2.31. The average molecular weight is 398 g/mol. The zero-order valence-electron chi connectivity index (χ0n) is 14.9. The molecule has 0 bridgehead atoms. The maximum absolute atomic E-state index is 12.7. The van der Waals surface area contributed by atoms with E-state index in [4.69, 9.17) is 4.52 Å². The Morgan fingerprint density at radius 1 is 1.00 bits per heavy atom. The monoisotopic (exact) mass is 398 g/mol. The van der Waals surface area contributed by atoms with Crippen molar-refractivity contribution in [1.29, 1.82) is 0 Å². The van der Waals surface area contributed by atoms with Gasteiger partial charge in [-0.3, -0.25) is 9.78 Å². The van der Waals surface area contributed by atoms with Gasteiger partial charge in [0.05, 0.1) is 4.90 Å². The number of hydrogen-bond donors (Lipinski definition) is 0. The summed E-state index contributed by atoms with van der Waals surface area (Å²) in [6.45, 7) is 1.05. The molecule has 1 saturated heterocycles. The molecule has 1 fully saturated rings. The van der Waals surface area contributed by atoms with E-state index >= 15 is 0 Å². The van der Waals surface area contributed by atoms with Crippen LogP contribution in [-0.4, -0.2) is 59.8 Å². The first-order chi connectivity index (χ1) is 13.6. The van der Waals surface area contributed by atoms with Crippen LogP contribution in [-0.2, 0) is 10.0 Å². The molecule has 28 heavy (non-hydrogen) atoms. The minimum atomic E-state index is -3.55. The quantitative estimate of drug-likeness (QED) is 0.666. The molecule has 9 heteroatoms. The van der Waals surface area contributed by atoms with Gasteiger partial charge in [0, 0.05) is 50.2 Å². The summed E-state index contributed by atoms with van der Waals surface area (Å²) in [6.07, 6.45) is 3.27. The molecule has 1 amide bonds. The van der Waals surface area contributed by atoms with Crippen LogP contribution in [0.4, 0.5) is 0 Å². The molecule has 0 unspecified atom stereocenters. The third kappa shape index (κ3) is 3.54. The van der Waals surface area contributed by atoms with Crippen molar-refractivity contribution in [2.24, 2.45) is 0 Å². The molecule has 0 atom stereocenters. The normalized spacial score (nSPS) is 15.5. The second kappa shape index (κ2) is 7.53. The number of nitrogens with zero attached hydrogens (tertiary/aromatic N) is 4. The predicted octanol–water partition coefficient (Wildman–Crippen LogP) is 1.88. The fraction of sp³-hybridized carbons (Fsp3) is 0.211. The number of amides is 1. The first kappa shape index (κ1) is 18.3. The predicted molar refractivity (Wildman–Crippen MR) is 101 cm³/mol.